The fourth-order valence-corrected chi connectivity index (χ4v) is 4.94. The van der Waals surface area contributed by atoms with E-state index in [0.717, 1.165) is 54.9 Å². The van der Waals surface area contributed by atoms with Crippen LogP contribution in [0.2, 0.25) is 0 Å². The van der Waals surface area contributed by atoms with E-state index < -0.39 is 0 Å². The molecule has 3 heterocycles. The third-order valence-corrected chi connectivity index (χ3v) is 7.01. The zero-order chi connectivity index (χ0) is 27.1. The maximum absolute atomic E-state index is 14.4. The van der Waals surface area contributed by atoms with Crippen LogP contribution in [-0.4, -0.2) is 40.6 Å². The number of halogens is 1. The molecule has 38 heavy (non-hydrogen) atoms. The summed E-state index contributed by atoms with van der Waals surface area (Å²) in [6.45, 7) is 13.4. The summed E-state index contributed by atoms with van der Waals surface area (Å²) in [5.74, 6) is 1.61. The number of aliphatic imine (C=N–C) groups is 2. The third-order valence-electron chi connectivity index (χ3n) is 7.01. The molecule has 0 bridgehead atoms. The van der Waals surface area contributed by atoms with Crippen LogP contribution in [0.4, 0.5) is 15.9 Å². The van der Waals surface area contributed by atoms with Crippen molar-refractivity contribution in [2.24, 2.45) is 9.98 Å². The highest BCUT2D eigenvalue weighted by atomic mass is 19.1. The fourth-order valence-electron chi connectivity index (χ4n) is 4.94. The number of amidine groups is 1. The molecule has 1 saturated carbocycles. The van der Waals surface area contributed by atoms with Gasteiger partial charge in [0.15, 0.2) is 0 Å². The summed E-state index contributed by atoms with van der Waals surface area (Å²) in [6, 6.07) is 4.13. The Hall–Kier alpha value is -3.39. The first-order valence-electron chi connectivity index (χ1n) is 13.6. The van der Waals surface area contributed by atoms with Gasteiger partial charge < -0.3 is 16.0 Å². The lowest BCUT2D eigenvalue weighted by atomic mass is 9.89. The fraction of sp³-hybridized carbons (Fsp3) is 0.467. The second kappa shape index (κ2) is 12.4. The molecule has 1 aliphatic heterocycles. The molecule has 2 aromatic rings. The van der Waals surface area contributed by atoms with E-state index in [1.807, 2.05) is 25.3 Å². The zero-order valence-corrected chi connectivity index (χ0v) is 23.0. The van der Waals surface area contributed by atoms with Crippen molar-refractivity contribution in [1.29, 1.82) is 0 Å². The minimum absolute atomic E-state index is 0.0514. The Labute approximate surface area is 225 Å². The van der Waals surface area contributed by atoms with E-state index in [4.69, 9.17) is 4.99 Å². The van der Waals surface area contributed by atoms with E-state index in [0.29, 0.717) is 30.4 Å². The lowest BCUT2D eigenvalue weighted by Gasteiger charge is -2.37. The van der Waals surface area contributed by atoms with Gasteiger partial charge in [0, 0.05) is 29.5 Å². The van der Waals surface area contributed by atoms with Gasteiger partial charge in [0.25, 0.3) is 0 Å². The molecule has 1 unspecified atom stereocenters. The number of anilines is 1. The standard InChI is InChI=1S/C30H40FN7/c1-6-8-24(31)25(7-2)38-27-15-20(11-13-34-27)17-35-29(37-22-12-14-36-30(3,4)16-22)28-23(21-9-10-21)18-33-19-26(28)32-5/h7-8,11,13,15,18-19,21-22,36H,5-6,9-10,12,14,16-17H2,1-4H3,(H,34,38)(H,35,37)/b24-8+,25-7+. The highest BCUT2D eigenvalue weighted by Gasteiger charge is 2.32. The molecule has 0 radical (unpaired) electrons. The predicted molar refractivity (Wildman–Crippen MR) is 155 cm³/mol. The van der Waals surface area contributed by atoms with E-state index in [9.17, 15) is 4.39 Å². The second-order valence-corrected chi connectivity index (χ2v) is 10.7. The van der Waals surface area contributed by atoms with E-state index in [2.05, 4.69) is 51.5 Å². The van der Waals surface area contributed by atoms with Gasteiger partial charge >= 0.3 is 0 Å². The van der Waals surface area contributed by atoms with Crippen molar-refractivity contribution in [3.05, 3.63) is 71.1 Å². The van der Waals surface area contributed by atoms with Gasteiger partial charge in [-0.1, -0.05) is 13.0 Å². The number of rotatable bonds is 10. The normalized spacial score (nSPS) is 20.2. The molecule has 8 heteroatoms. The SMILES string of the molecule is C=Nc1cncc(C2CC2)c1C(=NCc1ccnc(NC(=C/C)/C(F)=C\CC)c1)NC1CCNC(C)(C)C1. The zero-order valence-electron chi connectivity index (χ0n) is 23.0. The average Bonchev–Trinajstić information content (AvgIpc) is 3.74. The smallest absolute Gasteiger partial charge is 0.142 e. The lowest BCUT2D eigenvalue weighted by Crippen LogP contribution is -2.53. The molecule has 2 aromatic heterocycles. The molecule has 0 spiro atoms. The minimum Gasteiger partial charge on any atom is -0.367 e. The summed E-state index contributed by atoms with van der Waals surface area (Å²) in [6.07, 6.45) is 13.6. The predicted octanol–water partition coefficient (Wildman–Crippen LogP) is 6.33. The molecule has 202 valence electrons. The van der Waals surface area contributed by atoms with Gasteiger partial charge in [-0.25, -0.2) is 9.37 Å². The monoisotopic (exact) mass is 517 g/mol. The highest BCUT2D eigenvalue weighted by Crippen LogP contribution is 2.43. The molecule has 4 rings (SSSR count). The Bertz CT molecular complexity index is 1230. The van der Waals surface area contributed by atoms with Gasteiger partial charge in [-0.15, -0.1) is 0 Å². The molecule has 1 atom stereocenters. The molecule has 1 saturated heterocycles. The molecule has 1 aliphatic carbocycles. The van der Waals surface area contributed by atoms with Crippen LogP contribution < -0.4 is 16.0 Å². The van der Waals surface area contributed by atoms with Crippen LogP contribution in [0, 0.1) is 0 Å². The topological polar surface area (TPSA) is 86.6 Å². The van der Waals surface area contributed by atoms with Crippen molar-refractivity contribution in [3.63, 3.8) is 0 Å². The highest BCUT2D eigenvalue weighted by molar-refractivity contribution is 6.04. The molecule has 0 amide bonds. The van der Waals surface area contributed by atoms with Crippen molar-refractivity contribution in [1.82, 2.24) is 20.6 Å². The lowest BCUT2D eigenvalue weighted by molar-refractivity contribution is 0.264. The molecule has 3 N–H and O–H groups in total. The quantitative estimate of drug-likeness (QED) is 0.195. The Balaban J connectivity index is 1.64. The van der Waals surface area contributed by atoms with E-state index in [1.165, 1.54) is 5.56 Å². The van der Waals surface area contributed by atoms with Crippen molar-refractivity contribution in [3.8, 4) is 0 Å². The van der Waals surface area contributed by atoms with Crippen molar-refractivity contribution < 1.29 is 4.39 Å². The molecule has 2 aliphatic rings. The summed E-state index contributed by atoms with van der Waals surface area (Å²) >= 11 is 0. The molecule has 7 nitrogen and oxygen atoms in total. The van der Waals surface area contributed by atoms with E-state index in [1.54, 1.807) is 31.5 Å². The Morgan fingerprint density at radius 1 is 1.29 bits per heavy atom. The second-order valence-electron chi connectivity index (χ2n) is 10.7. The first kappa shape index (κ1) is 27.6. The summed E-state index contributed by atoms with van der Waals surface area (Å²) in [5, 5.41) is 10.5. The summed E-state index contributed by atoms with van der Waals surface area (Å²) in [4.78, 5) is 18.2. The number of hydrogen-bond donors (Lipinski definition) is 3. The van der Waals surface area contributed by atoms with Crippen LogP contribution in [0.1, 0.15) is 82.4 Å². The number of hydrogen-bond acceptors (Lipinski definition) is 6. The number of pyridine rings is 2. The van der Waals surface area contributed by atoms with Crippen LogP contribution in [-0.2, 0) is 6.54 Å². The van der Waals surface area contributed by atoms with Gasteiger partial charge in [0.1, 0.15) is 17.5 Å². The van der Waals surface area contributed by atoms with Crippen LogP contribution in [0.25, 0.3) is 0 Å². The molecular formula is C30H40FN7. The van der Waals surface area contributed by atoms with E-state index >= 15 is 0 Å². The summed E-state index contributed by atoms with van der Waals surface area (Å²) < 4.78 is 14.4. The van der Waals surface area contributed by atoms with Gasteiger partial charge in [0.05, 0.1) is 24.1 Å². The maximum Gasteiger partial charge on any atom is 0.142 e. The Morgan fingerprint density at radius 3 is 2.79 bits per heavy atom. The number of aromatic nitrogens is 2. The average molecular weight is 518 g/mol. The first-order chi connectivity index (χ1) is 18.3. The maximum atomic E-state index is 14.4. The number of nitrogens with zero attached hydrogens (tertiary/aromatic N) is 4. The van der Waals surface area contributed by atoms with Crippen molar-refractivity contribution in [2.75, 3.05) is 11.9 Å². The van der Waals surface area contributed by atoms with Crippen LogP contribution in [0.15, 0.2) is 64.4 Å². The molecule has 0 aromatic carbocycles. The first-order valence-corrected chi connectivity index (χ1v) is 13.6. The molecular weight excluding hydrogens is 477 g/mol. The van der Waals surface area contributed by atoms with Gasteiger partial charge in [-0.3, -0.25) is 15.0 Å². The third kappa shape index (κ3) is 7.13. The van der Waals surface area contributed by atoms with Gasteiger partial charge in [-0.05, 0) is 101 Å². The van der Waals surface area contributed by atoms with Crippen LogP contribution in [0.5, 0.6) is 0 Å². The van der Waals surface area contributed by atoms with Gasteiger partial charge in [-0.2, -0.15) is 0 Å². The number of allylic oxidation sites excluding steroid dienone is 3. The molecule has 2 fully saturated rings. The number of piperidine rings is 1. The Morgan fingerprint density at radius 2 is 2.11 bits per heavy atom. The van der Waals surface area contributed by atoms with Crippen molar-refractivity contribution >= 4 is 24.1 Å². The largest absolute Gasteiger partial charge is 0.367 e. The summed E-state index contributed by atoms with van der Waals surface area (Å²) in [7, 11) is 0. The summed E-state index contributed by atoms with van der Waals surface area (Å²) in [5.41, 5.74) is 4.37. The minimum atomic E-state index is -0.286. The number of nitrogens with one attached hydrogen (secondary N) is 3. The van der Waals surface area contributed by atoms with E-state index in [-0.39, 0.29) is 17.4 Å². The van der Waals surface area contributed by atoms with Crippen LogP contribution in [0.3, 0.4) is 0 Å². The van der Waals surface area contributed by atoms with Crippen molar-refractivity contribution in [2.45, 2.75) is 83.8 Å². The van der Waals surface area contributed by atoms with Crippen LogP contribution >= 0.6 is 0 Å². The Kier molecular flexibility index (Phi) is 9.05. The van der Waals surface area contributed by atoms with Gasteiger partial charge in [0.2, 0.25) is 0 Å².